The molecular formula is C26H36FN3O. The monoisotopic (exact) mass is 425 g/mol. The second-order valence-electron chi connectivity index (χ2n) is 9.93. The molecular weight excluding hydrogens is 389 g/mol. The predicted molar refractivity (Wildman–Crippen MR) is 123 cm³/mol. The standard InChI is InChI=1S/C26H36FN3O/c1-3-4-5-6-18-7-12-23-20(15-18)13-14-30(24(23)19-8-10-21(27)11-9-19)25(31)29-26(2)16-22(28)17-26/h7-12,18,22,24H,3-6,13-17,28H2,1-2H3,(H,29,31)/t18?,22-,24-,26+/m0/s1. The highest BCUT2D eigenvalue weighted by Crippen LogP contribution is 2.42. The SMILES string of the molecule is CCCCCC1C=CC2=C(CCN(C(=O)N[C@]3(C)C[C@H](N)C3)[C@H]2c2ccc(F)cc2)C1. The van der Waals surface area contributed by atoms with Crippen molar-refractivity contribution in [2.45, 2.75) is 82.8 Å². The van der Waals surface area contributed by atoms with E-state index in [-0.39, 0.29) is 29.5 Å². The van der Waals surface area contributed by atoms with Crippen LogP contribution >= 0.6 is 0 Å². The molecule has 1 aromatic rings. The lowest BCUT2D eigenvalue weighted by atomic mass is 9.74. The number of unbranched alkanes of at least 4 members (excludes halogenated alkanes) is 2. The van der Waals surface area contributed by atoms with Gasteiger partial charge in [0.05, 0.1) is 6.04 Å². The Labute approximate surface area is 185 Å². The lowest BCUT2D eigenvalue weighted by Crippen LogP contribution is -2.62. The van der Waals surface area contributed by atoms with E-state index in [2.05, 4.69) is 31.3 Å². The summed E-state index contributed by atoms with van der Waals surface area (Å²) in [5.74, 6) is 0.339. The molecule has 5 heteroatoms. The van der Waals surface area contributed by atoms with Crippen molar-refractivity contribution in [2.75, 3.05) is 6.54 Å². The maximum absolute atomic E-state index is 13.6. The Kier molecular flexibility index (Phi) is 6.52. The lowest BCUT2D eigenvalue weighted by molar-refractivity contribution is 0.136. The zero-order chi connectivity index (χ0) is 22.0. The van der Waals surface area contributed by atoms with E-state index in [0.29, 0.717) is 12.5 Å². The van der Waals surface area contributed by atoms with E-state index in [1.165, 1.54) is 49.0 Å². The smallest absolute Gasteiger partial charge is 0.318 e. The van der Waals surface area contributed by atoms with E-state index in [1.54, 1.807) is 0 Å². The van der Waals surface area contributed by atoms with Gasteiger partial charge in [-0.2, -0.15) is 0 Å². The summed E-state index contributed by atoms with van der Waals surface area (Å²) in [7, 11) is 0. The molecule has 3 aliphatic rings. The summed E-state index contributed by atoms with van der Waals surface area (Å²) in [5, 5.41) is 3.23. The van der Waals surface area contributed by atoms with E-state index in [1.807, 2.05) is 17.0 Å². The molecule has 0 spiro atoms. The summed E-state index contributed by atoms with van der Waals surface area (Å²) in [6, 6.07) is 6.57. The number of allylic oxidation sites excluding steroid dienone is 1. The average Bonchev–Trinajstić information content (AvgIpc) is 2.72. The van der Waals surface area contributed by atoms with E-state index in [4.69, 9.17) is 5.73 Å². The molecule has 2 aliphatic carbocycles. The largest absolute Gasteiger partial charge is 0.333 e. The molecule has 31 heavy (non-hydrogen) atoms. The number of nitrogens with two attached hydrogens (primary N) is 1. The van der Waals surface area contributed by atoms with Crippen LogP contribution in [0.3, 0.4) is 0 Å². The van der Waals surface area contributed by atoms with Crippen LogP contribution in [-0.2, 0) is 0 Å². The van der Waals surface area contributed by atoms with E-state index in [0.717, 1.165) is 31.2 Å². The number of nitrogens with zero attached hydrogens (tertiary/aromatic N) is 1. The fraction of sp³-hybridized carbons (Fsp3) is 0.577. The van der Waals surface area contributed by atoms with Gasteiger partial charge in [0.1, 0.15) is 5.82 Å². The third-order valence-corrected chi connectivity index (χ3v) is 7.18. The molecule has 4 nitrogen and oxygen atoms in total. The summed E-state index contributed by atoms with van der Waals surface area (Å²) < 4.78 is 13.6. The second kappa shape index (κ2) is 9.15. The molecule has 168 valence electrons. The lowest BCUT2D eigenvalue weighted by Gasteiger charge is -2.47. The highest BCUT2D eigenvalue weighted by molar-refractivity contribution is 5.77. The second-order valence-corrected chi connectivity index (χ2v) is 9.93. The topological polar surface area (TPSA) is 58.4 Å². The van der Waals surface area contributed by atoms with Crippen molar-refractivity contribution in [1.29, 1.82) is 0 Å². The van der Waals surface area contributed by atoms with Crippen LogP contribution in [0.5, 0.6) is 0 Å². The van der Waals surface area contributed by atoms with Gasteiger partial charge >= 0.3 is 6.03 Å². The van der Waals surface area contributed by atoms with Gasteiger partial charge in [-0.15, -0.1) is 0 Å². The molecule has 0 aromatic heterocycles. The number of halogens is 1. The molecule has 0 radical (unpaired) electrons. The first kappa shape index (κ1) is 22.1. The molecule has 2 amide bonds. The van der Waals surface area contributed by atoms with Crippen LogP contribution in [-0.4, -0.2) is 29.1 Å². The van der Waals surface area contributed by atoms with Crippen molar-refractivity contribution in [3.05, 3.63) is 58.9 Å². The highest BCUT2D eigenvalue weighted by Gasteiger charge is 2.42. The van der Waals surface area contributed by atoms with Crippen LogP contribution in [0.4, 0.5) is 9.18 Å². The molecule has 1 unspecified atom stereocenters. The van der Waals surface area contributed by atoms with Crippen LogP contribution < -0.4 is 11.1 Å². The molecule has 1 fully saturated rings. The third-order valence-electron chi connectivity index (χ3n) is 7.18. The van der Waals surface area contributed by atoms with Crippen molar-refractivity contribution in [2.24, 2.45) is 11.7 Å². The summed E-state index contributed by atoms with van der Waals surface area (Å²) in [6.45, 7) is 4.99. The number of hydrogen-bond donors (Lipinski definition) is 2. The average molecular weight is 426 g/mol. The van der Waals surface area contributed by atoms with Crippen LogP contribution in [0.15, 0.2) is 47.6 Å². The van der Waals surface area contributed by atoms with Crippen molar-refractivity contribution in [1.82, 2.24) is 10.2 Å². The normalized spacial score (nSPS) is 30.1. The van der Waals surface area contributed by atoms with Crippen LogP contribution in [0.25, 0.3) is 0 Å². The van der Waals surface area contributed by atoms with E-state index >= 15 is 0 Å². The van der Waals surface area contributed by atoms with Crippen LogP contribution in [0.1, 0.15) is 76.8 Å². The molecule has 1 aromatic carbocycles. The molecule has 1 saturated carbocycles. The summed E-state index contributed by atoms with van der Waals surface area (Å²) in [5.41, 5.74) is 9.38. The molecule has 4 rings (SSSR count). The summed E-state index contributed by atoms with van der Waals surface area (Å²) in [4.78, 5) is 15.3. The Morgan fingerprint density at radius 1 is 1.26 bits per heavy atom. The maximum atomic E-state index is 13.6. The number of amides is 2. The van der Waals surface area contributed by atoms with Crippen LogP contribution in [0.2, 0.25) is 0 Å². The molecule has 3 N–H and O–H groups in total. The Balaban J connectivity index is 1.57. The van der Waals surface area contributed by atoms with Crippen molar-refractivity contribution in [3.63, 3.8) is 0 Å². The summed E-state index contributed by atoms with van der Waals surface area (Å²) >= 11 is 0. The van der Waals surface area contributed by atoms with Gasteiger partial charge in [0.15, 0.2) is 0 Å². The number of carbonyl (C=O) groups is 1. The number of nitrogens with one attached hydrogen (secondary N) is 1. The predicted octanol–water partition coefficient (Wildman–Crippen LogP) is 5.61. The first-order valence-electron chi connectivity index (χ1n) is 11.9. The first-order valence-corrected chi connectivity index (χ1v) is 11.9. The first-order chi connectivity index (χ1) is 14.9. The zero-order valence-corrected chi connectivity index (χ0v) is 18.9. The van der Waals surface area contributed by atoms with Gasteiger partial charge in [-0.3, -0.25) is 0 Å². The van der Waals surface area contributed by atoms with Gasteiger partial charge in [0, 0.05) is 18.1 Å². The Morgan fingerprint density at radius 2 is 2.00 bits per heavy atom. The minimum atomic E-state index is -0.254. The van der Waals surface area contributed by atoms with Gasteiger partial charge in [0.2, 0.25) is 0 Å². The van der Waals surface area contributed by atoms with Gasteiger partial charge < -0.3 is 16.0 Å². The van der Waals surface area contributed by atoms with E-state index in [9.17, 15) is 9.18 Å². The fourth-order valence-corrected chi connectivity index (χ4v) is 5.55. The van der Waals surface area contributed by atoms with Gasteiger partial charge in [-0.05, 0) is 68.2 Å². The highest BCUT2D eigenvalue weighted by atomic mass is 19.1. The Hall–Kier alpha value is -2.14. The maximum Gasteiger partial charge on any atom is 0.318 e. The third kappa shape index (κ3) is 4.87. The van der Waals surface area contributed by atoms with E-state index < -0.39 is 0 Å². The molecule has 1 aliphatic heterocycles. The fourth-order valence-electron chi connectivity index (χ4n) is 5.55. The van der Waals surface area contributed by atoms with Crippen LogP contribution in [0, 0.1) is 11.7 Å². The minimum Gasteiger partial charge on any atom is -0.333 e. The number of rotatable bonds is 6. The quantitative estimate of drug-likeness (QED) is 0.582. The number of hydrogen-bond acceptors (Lipinski definition) is 2. The van der Waals surface area contributed by atoms with Gasteiger partial charge in [-0.1, -0.05) is 56.0 Å². The number of urea groups is 1. The summed E-state index contributed by atoms with van der Waals surface area (Å²) in [6.07, 6.45) is 13.2. The van der Waals surface area contributed by atoms with Gasteiger partial charge in [-0.25, -0.2) is 9.18 Å². The molecule has 1 heterocycles. The minimum absolute atomic E-state index is 0.0475. The Morgan fingerprint density at radius 3 is 2.68 bits per heavy atom. The Bertz CT molecular complexity index is 854. The van der Waals surface area contributed by atoms with Gasteiger partial charge in [0.25, 0.3) is 0 Å². The molecule has 2 atom stereocenters. The van der Waals surface area contributed by atoms with Crippen molar-refractivity contribution in [3.8, 4) is 0 Å². The number of carbonyl (C=O) groups excluding carboxylic acids is 1. The van der Waals surface area contributed by atoms with Crippen molar-refractivity contribution < 1.29 is 9.18 Å². The molecule has 0 bridgehead atoms. The number of benzene rings is 1. The zero-order valence-electron chi connectivity index (χ0n) is 18.9. The van der Waals surface area contributed by atoms with Crippen molar-refractivity contribution >= 4 is 6.03 Å². The molecule has 0 saturated heterocycles.